The number of carbonyl (C=O) groups is 1. The molecular formula is C25H28ClFN4O4. The van der Waals surface area contributed by atoms with E-state index in [4.69, 9.17) is 0 Å². The molecule has 0 amide bonds. The molecule has 0 unspecified atom stereocenters. The second-order valence-corrected chi connectivity index (χ2v) is 9.24. The summed E-state index contributed by atoms with van der Waals surface area (Å²) in [5.41, 5.74) is 2.43. The van der Waals surface area contributed by atoms with Crippen molar-refractivity contribution in [2.45, 2.75) is 39.3 Å². The SMILES string of the molecule is Cc1ncc(CN2CCN(c3cc4c(cc3F)c(=O)c(C(=O)O)cn4C3CC3)CC2)c(C)c1O.Cl. The van der Waals surface area contributed by atoms with E-state index in [1.807, 2.05) is 16.4 Å². The number of carboxylic acid groups (broad SMARTS) is 1. The quantitative estimate of drug-likeness (QED) is 0.549. The van der Waals surface area contributed by atoms with E-state index in [1.165, 1.54) is 12.3 Å². The lowest BCUT2D eigenvalue weighted by Gasteiger charge is -2.36. The van der Waals surface area contributed by atoms with Gasteiger partial charge in [-0.1, -0.05) is 0 Å². The van der Waals surface area contributed by atoms with E-state index >= 15 is 4.39 Å². The molecule has 2 aromatic heterocycles. The van der Waals surface area contributed by atoms with Crippen LogP contribution < -0.4 is 10.3 Å². The minimum absolute atomic E-state index is 0. The molecule has 0 bridgehead atoms. The molecule has 2 fully saturated rings. The van der Waals surface area contributed by atoms with Gasteiger partial charge in [-0.2, -0.15) is 0 Å². The summed E-state index contributed by atoms with van der Waals surface area (Å²) in [5.74, 6) is -1.59. The molecule has 10 heteroatoms. The van der Waals surface area contributed by atoms with E-state index in [2.05, 4.69) is 9.88 Å². The number of pyridine rings is 2. The highest BCUT2D eigenvalue weighted by Crippen LogP contribution is 2.38. The molecule has 186 valence electrons. The van der Waals surface area contributed by atoms with Gasteiger partial charge in [0.05, 0.1) is 16.9 Å². The Labute approximate surface area is 208 Å². The summed E-state index contributed by atoms with van der Waals surface area (Å²) in [6.07, 6.45) is 5.01. The van der Waals surface area contributed by atoms with Gasteiger partial charge in [0.25, 0.3) is 0 Å². The number of hydrogen-bond donors (Lipinski definition) is 2. The third-order valence-electron chi connectivity index (χ3n) is 6.97. The Balaban J connectivity index is 0.00000289. The van der Waals surface area contributed by atoms with E-state index in [0.717, 1.165) is 24.0 Å². The summed E-state index contributed by atoms with van der Waals surface area (Å²) in [6.45, 7) is 6.93. The Kier molecular flexibility index (Phi) is 6.75. The van der Waals surface area contributed by atoms with Crippen LogP contribution in [0.3, 0.4) is 0 Å². The first-order valence-electron chi connectivity index (χ1n) is 11.5. The minimum Gasteiger partial charge on any atom is -0.506 e. The van der Waals surface area contributed by atoms with Gasteiger partial charge in [-0.05, 0) is 49.9 Å². The van der Waals surface area contributed by atoms with Crippen molar-refractivity contribution in [3.63, 3.8) is 0 Å². The van der Waals surface area contributed by atoms with Gasteiger partial charge < -0.3 is 19.7 Å². The van der Waals surface area contributed by atoms with Gasteiger partial charge in [-0.25, -0.2) is 9.18 Å². The van der Waals surface area contributed by atoms with Crippen LogP contribution in [0.5, 0.6) is 5.75 Å². The van der Waals surface area contributed by atoms with E-state index in [9.17, 15) is 19.8 Å². The molecule has 1 aliphatic carbocycles. The molecule has 8 nitrogen and oxygen atoms in total. The topological polar surface area (TPSA) is 98.9 Å². The Morgan fingerprint density at radius 3 is 2.49 bits per heavy atom. The van der Waals surface area contributed by atoms with Crippen LogP contribution in [0.1, 0.15) is 46.1 Å². The maximum Gasteiger partial charge on any atom is 0.341 e. The maximum atomic E-state index is 15.2. The number of nitrogens with zero attached hydrogens (tertiary/aromatic N) is 4. The number of aromatic nitrogens is 2. The number of piperazine rings is 1. The summed E-state index contributed by atoms with van der Waals surface area (Å²) in [6, 6.07) is 3.02. The highest BCUT2D eigenvalue weighted by molar-refractivity contribution is 5.93. The summed E-state index contributed by atoms with van der Waals surface area (Å²) in [5, 5.41) is 19.7. The second-order valence-electron chi connectivity index (χ2n) is 9.24. The minimum atomic E-state index is -1.30. The molecule has 1 saturated heterocycles. The average Bonchev–Trinajstić information content (AvgIpc) is 3.65. The number of hydrogen-bond acceptors (Lipinski definition) is 6. The third kappa shape index (κ3) is 4.58. The first-order chi connectivity index (χ1) is 16.2. The average molecular weight is 503 g/mol. The van der Waals surface area contributed by atoms with Crippen LogP contribution in [0, 0.1) is 19.7 Å². The largest absolute Gasteiger partial charge is 0.506 e. The lowest BCUT2D eigenvalue weighted by atomic mass is 10.1. The van der Waals surface area contributed by atoms with Crippen LogP contribution >= 0.6 is 12.4 Å². The number of anilines is 1. The van der Waals surface area contributed by atoms with Gasteiger partial charge in [0.1, 0.15) is 17.1 Å². The van der Waals surface area contributed by atoms with Crippen molar-refractivity contribution >= 4 is 35.0 Å². The molecule has 0 atom stereocenters. The zero-order valence-electron chi connectivity index (χ0n) is 19.6. The summed E-state index contributed by atoms with van der Waals surface area (Å²) < 4.78 is 17.0. The van der Waals surface area contributed by atoms with Gasteiger partial charge in [0.2, 0.25) is 5.43 Å². The number of benzene rings is 1. The van der Waals surface area contributed by atoms with Gasteiger partial charge in [-0.3, -0.25) is 14.7 Å². The maximum absolute atomic E-state index is 15.2. The lowest BCUT2D eigenvalue weighted by molar-refractivity contribution is 0.0695. The monoisotopic (exact) mass is 502 g/mol. The number of halogens is 2. The molecule has 1 aromatic carbocycles. The summed E-state index contributed by atoms with van der Waals surface area (Å²) in [7, 11) is 0. The molecule has 0 radical (unpaired) electrons. The van der Waals surface area contributed by atoms with Crippen LogP contribution in [0.2, 0.25) is 0 Å². The molecule has 2 aliphatic rings. The fourth-order valence-corrected chi connectivity index (χ4v) is 4.71. The number of aryl methyl sites for hydroxylation is 1. The van der Waals surface area contributed by atoms with E-state index < -0.39 is 17.2 Å². The first kappa shape index (κ1) is 24.9. The van der Waals surface area contributed by atoms with Crippen LogP contribution in [0.4, 0.5) is 10.1 Å². The van der Waals surface area contributed by atoms with Crippen molar-refractivity contribution < 1.29 is 19.4 Å². The Hall–Kier alpha value is -3.17. The van der Waals surface area contributed by atoms with Crippen molar-refractivity contribution in [3.05, 3.63) is 63.0 Å². The van der Waals surface area contributed by atoms with Gasteiger partial charge in [0, 0.05) is 56.5 Å². The number of carboxylic acids is 1. The van der Waals surface area contributed by atoms with Crippen LogP contribution in [0.25, 0.3) is 10.9 Å². The van der Waals surface area contributed by atoms with E-state index in [1.54, 1.807) is 19.2 Å². The Bertz CT molecular complexity index is 1360. The fourth-order valence-electron chi connectivity index (χ4n) is 4.71. The van der Waals surface area contributed by atoms with Gasteiger partial charge in [0.15, 0.2) is 0 Å². The molecule has 35 heavy (non-hydrogen) atoms. The normalized spacial score (nSPS) is 16.4. The fraction of sp³-hybridized carbons (Fsp3) is 0.400. The van der Waals surface area contributed by atoms with Crippen molar-refractivity contribution in [2.24, 2.45) is 0 Å². The Morgan fingerprint density at radius 1 is 1.17 bits per heavy atom. The van der Waals surface area contributed by atoms with Crippen LogP contribution in [0.15, 0.2) is 29.3 Å². The smallest absolute Gasteiger partial charge is 0.341 e. The van der Waals surface area contributed by atoms with Crippen LogP contribution in [-0.2, 0) is 6.54 Å². The molecular weight excluding hydrogens is 475 g/mol. The summed E-state index contributed by atoms with van der Waals surface area (Å²) >= 11 is 0. The number of rotatable bonds is 5. The molecule has 2 N–H and O–H groups in total. The number of fused-ring (bicyclic) bond motifs is 1. The van der Waals surface area contributed by atoms with E-state index in [-0.39, 0.29) is 35.1 Å². The zero-order valence-corrected chi connectivity index (χ0v) is 20.4. The zero-order chi connectivity index (χ0) is 24.1. The molecule has 3 heterocycles. The van der Waals surface area contributed by atoms with Crippen molar-refractivity contribution in [2.75, 3.05) is 31.1 Å². The van der Waals surface area contributed by atoms with Crippen molar-refractivity contribution in [3.8, 4) is 5.75 Å². The standard InChI is InChI=1S/C25H27FN4O4.ClH/c1-14-16(11-27-15(2)23(14)31)12-28-5-7-29(8-6-28)22-10-21-18(9-20(22)26)24(32)19(25(33)34)13-30(21)17-3-4-17;/h9-11,13,17,31H,3-8,12H2,1-2H3,(H,33,34);1H. The predicted octanol–water partition coefficient (Wildman–Crippen LogP) is 3.64. The lowest BCUT2D eigenvalue weighted by Crippen LogP contribution is -2.46. The van der Waals surface area contributed by atoms with Crippen LogP contribution in [-0.4, -0.2) is 56.8 Å². The van der Waals surface area contributed by atoms with Crippen molar-refractivity contribution in [1.29, 1.82) is 0 Å². The molecule has 1 aliphatic heterocycles. The highest BCUT2D eigenvalue weighted by atomic mass is 35.5. The molecule has 0 spiro atoms. The van der Waals surface area contributed by atoms with E-state index in [0.29, 0.717) is 49.6 Å². The molecule has 3 aromatic rings. The first-order valence-corrected chi connectivity index (χ1v) is 11.5. The molecule has 5 rings (SSSR count). The molecule has 1 saturated carbocycles. The Morgan fingerprint density at radius 2 is 1.86 bits per heavy atom. The highest BCUT2D eigenvalue weighted by Gasteiger charge is 2.28. The second kappa shape index (κ2) is 9.47. The predicted molar refractivity (Wildman–Crippen MR) is 134 cm³/mol. The summed E-state index contributed by atoms with van der Waals surface area (Å²) in [4.78, 5) is 32.7. The number of aromatic hydroxyl groups is 1. The van der Waals surface area contributed by atoms with Gasteiger partial charge >= 0.3 is 5.97 Å². The third-order valence-corrected chi connectivity index (χ3v) is 6.97. The van der Waals surface area contributed by atoms with Crippen molar-refractivity contribution in [1.82, 2.24) is 14.5 Å². The number of aromatic carboxylic acids is 1. The van der Waals surface area contributed by atoms with Gasteiger partial charge in [-0.15, -0.1) is 12.4 Å².